The molecule has 1 amide bonds. The zero-order valence-corrected chi connectivity index (χ0v) is 13.0. The maximum absolute atomic E-state index is 12.2. The number of rotatable bonds is 3. The Hall–Kier alpha value is -0.320. The molecule has 0 aromatic heterocycles. The van der Waals surface area contributed by atoms with Gasteiger partial charge >= 0.3 is 0 Å². The number of amides is 1. The van der Waals surface area contributed by atoms with Crippen LogP contribution >= 0.6 is 12.4 Å². The Balaban J connectivity index is 0.00000180. The second-order valence-electron chi connectivity index (χ2n) is 6.21. The van der Waals surface area contributed by atoms with Crippen molar-refractivity contribution in [2.24, 2.45) is 17.6 Å². The van der Waals surface area contributed by atoms with E-state index in [1.54, 1.807) is 0 Å². The molecule has 19 heavy (non-hydrogen) atoms. The zero-order chi connectivity index (χ0) is 13.1. The number of carbonyl (C=O) groups is 1. The highest BCUT2D eigenvalue weighted by atomic mass is 35.5. The maximum Gasteiger partial charge on any atom is 0.236 e. The van der Waals surface area contributed by atoms with Gasteiger partial charge in [0.25, 0.3) is 0 Å². The number of hydrogen-bond donors (Lipinski definition) is 1. The van der Waals surface area contributed by atoms with Crippen LogP contribution < -0.4 is 5.73 Å². The van der Waals surface area contributed by atoms with Crippen LogP contribution in [0.4, 0.5) is 0 Å². The van der Waals surface area contributed by atoms with E-state index in [0.717, 1.165) is 51.4 Å². The third-order valence-corrected chi connectivity index (χ3v) is 4.55. The highest BCUT2D eigenvalue weighted by Crippen LogP contribution is 2.20. The van der Waals surface area contributed by atoms with Gasteiger partial charge in [-0.05, 0) is 44.6 Å². The fourth-order valence-electron chi connectivity index (χ4n) is 2.98. The fraction of sp³-hybridized carbons (Fsp3) is 0.929. The first kappa shape index (κ1) is 16.7. The fourth-order valence-corrected chi connectivity index (χ4v) is 2.98. The molecule has 2 saturated heterocycles. The predicted octanol–water partition coefficient (Wildman–Crippen LogP) is 1.34. The molecule has 2 fully saturated rings. The molecular weight excluding hydrogens is 262 g/mol. The van der Waals surface area contributed by atoms with E-state index in [1.165, 1.54) is 0 Å². The summed E-state index contributed by atoms with van der Waals surface area (Å²) >= 11 is 0. The topological polar surface area (TPSA) is 49.6 Å². The van der Waals surface area contributed by atoms with Gasteiger partial charge in [-0.2, -0.15) is 0 Å². The van der Waals surface area contributed by atoms with Crippen molar-refractivity contribution < 1.29 is 4.79 Å². The lowest BCUT2D eigenvalue weighted by molar-refractivity contribution is -0.133. The number of nitrogens with two attached hydrogens (primary N) is 1. The molecule has 0 radical (unpaired) electrons. The summed E-state index contributed by atoms with van der Waals surface area (Å²) < 4.78 is 0. The van der Waals surface area contributed by atoms with E-state index in [2.05, 4.69) is 18.7 Å². The van der Waals surface area contributed by atoms with Crippen LogP contribution in [0, 0.1) is 11.8 Å². The minimum atomic E-state index is 0. The molecule has 5 heteroatoms. The molecule has 0 aromatic carbocycles. The monoisotopic (exact) mass is 289 g/mol. The molecule has 2 atom stereocenters. The summed E-state index contributed by atoms with van der Waals surface area (Å²) in [5.74, 6) is 1.66. The standard InChI is InChI=1S/C14H27N3O.ClH/c1-11-3-7-17(8-4-11)14(18)10-16-6-5-13(9-16)12(2)15;/h11-13H,3-10,15H2,1-2H3;1H. The summed E-state index contributed by atoms with van der Waals surface area (Å²) in [6.07, 6.45) is 3.46. The molecule has 0 bridgehead atoms. The molecule has 2 aliphatic rings. The Labute approximate surface area is 123 Å². The van der Waals surface area contributed by atoms with Crippen LogP contribution in [0.25, 0.3) is 0 Å². The number of nitrogens with zero attached hydrogens (tertiary/aromatic N) is 2. The van der Waals surface area contributed by atoms with Gasteiger partial charge in [0.05, 0.1) is 6.54 Å². The molecule has 2 rings (SSSR count). The van der Waals surface area contributed by atoms with Crippen LogP contribution in [-0.4, -0.2) is 54.5 Å². The Morgan fingerprint density at radius 1 is 1.26 bits per heavy atom. The van der Waals surface area contributed by atoms with E-state index in [9.17, 15) is 4.79 Å². The second kappa shape index (κ2) is 7.46. The molecule has 2 heterocycles. The van der Waals surface area contributed by atoms with Crippen molar-refractivity contribution in [1.82, 2.24) is 9.80 Å². The van der Waals surface area contributed by atoms with E-state index < -0.39 is 0 Å². The number of likely N-dealkylation sites (tertiary alicyclic amines) is 2. The summed E-state index contributed by atoms with van der Waals surface area (Å²) in [4.78, 5) is 16.5. The molecule has 2 N–H and O–H groups in total. The van der Waals surface area contributed by atoms with Crippen molar-refractivity contribution in [3.05, 3.63) is 0 Å². The first-order valence-corrected chi connectivity index (χ1v) is 7.32. The van der Waals surface area contributed by atoms with Crippen molar-refractivity contribution >= 4 is 18.3 Å². The van der Waals surface area contributed by atoms with Crippen LogP contribution in [0.1, 0.15) is 33.1 Å². The molecule has 112 valence electrons. The molecule has 2 aliphatic heterocycles. The number of hydrogen-bond acceptors (Lipinski definition) is 3. The van der Waals surface area contributed by atoms with E-state index in [4.69, 9.17) is 5.73 Å². The van der Waals surface area contributed by atoms with E-state index >= 15 is 0 Å². The van der Waals surface area contributed by atoms with Gasteiger partial charge in [-0.3, -0.25) is 9.69 Å². The van der Waals surface area contributed by atoms with Crippen molar-refractivity contribution in [3.8, 4) is 0 Å². The minimum Gasteiger partial charge on any atom is -0.342 e. The van der Waals surface area contributed by atoms with Crippen molar-refractivity contribution in [3.63, 3.8) is 0 Å². The predicted molar refractivity (Wildman–Crippen MR) is 80.4 cm³/mol. The van der Waals surface area contributed by atoms with Crippen molar-refractivity contribution in [2.45, 2.75) is 39.2 Å². The summed E-state index contributed by atoms with van der Waals surface area (Å²) in [6, 6.07) is 0.251. The van der Waals surface area contributed by atoms with Gasteiger partial charge in [0.1, 0.15) is 0 Å². The Morgan fingerprint density at radius 2 is 1.89 bits per heavy atom. The van der Waals surface area contributed by atoms with Crippen LogP contribution in [-0.2, 0) is 4.79 Å². The van der Waals surface area contributed by atoms with Crippen molar-refractivity contribution in [1.29, 1.82) is 0 Å². The van der Waals surface area contributed by atoms with Gasteiger partial charge < -0.3 is 10.6 Å². The van der Waals surface area contributed by atoms with Crippen LogP contribution in [0.15, 0.2) is 0 Å². The first-order valence-electron chi connectivity index (χ1n) is 7.32. The highest BCUT2D eigenvalue weighted by Gasteiger charge is 2.28. The minimum absolute atomic E-state index is 0. The molecule has 0 aromatic rings. The molecule has 2 unspecified atom stereocenters. The first-order chi connectivity index (χ1) is 8.56. The summed E-state index contributed by atoms with van der Waals surface area (Å²) in [7, 11) is 0. The van der Waals surface area contributed by atoms with Gasteiger partial charge in [0, 0.05) is 25.7 Å². The zero-order valence-electron chi connectivity index (χ0n) is 12.2. The third kappa shape index (κ3) is 4.62. The van der Waals surface area contributed by atoms with E-state index in [1.807, 2.05) is 4.90 Å². The normalized spacial score (nSPS) is 27.1. The second-order valence-corrected chi connectivity index (χ2v) is 6.21. The molecule has 4 nitrogen and oxygen atoms in total. The summed E-state index contributed by atoms with van der Waals surface area (Å²) in [6.45, 7) is 8.86. The van der Waals surface area contributed by atoms with Crippen LogP contribution in [0.2, 0.25) is 0 Å². The Bertz CT molecular complexity index is 290. The average Bonchev–Trinajstić information content (AvgIpc) is 2.78. The van der Waals surface area contributed by atoms with Gasteiger partial charge in [0.15, 0.2) is 0 Å². The van der Waals surface area contributed by atoms with E-state index in [-0.39, 0.29) is 18.4 Å². The van der Waals surface area contributed by atoms with Gasteiger partial charge in [-0.1, -0.05) is 6.92 Å². The Kier molecular flexibility index (Phi) is 6.57. The van der Waals surface area contributed by atoms with Gasteiger partial charge in [-0.25, -0.2) is 0 Å². The Morgan fingerprint density at radius 3 is 2.42 bits per heavy atom. The summed E-state index contributed by atoms with van der Waals surface area (Å²) in [5.41, 5.74) is 5.93. The van der Waals surface area contributed by atoms with Crippen molar-refractivity contribution in [2.75, 3.05) is 32.7 Å². The van der Waals surface area contributed by atoms with Gasteiger partial charge in [0.2, 0.25) is 5.91 Å². The SMILES string of the molecule is CC1CCN(C(=O)CN2CCC(C(C)N)C2)CC1.Cl. The maximum atomic E-state index is 12.2. The number of piperidine rings is 1. The third-order valence-electron chi connectivity index (χ3n) is 4.55. The van der Waals surface area contributed by atoms with Crippen LogP contribution in [0.5, 0.6) is 0 Å². The van der Waals surface area contributed by atoms with Crippen LogP contribution in [0.3, 0.4) is 0 Å². The lowest BCUT2D eigenvalue weighted by Gasteiger charge is -2.31. The molecule has 0 saturated carbocycles. The number of carbonyl (C=O) groups excluding carboxylic acids is 1. The number of halogens is 1. The summed E-state index contributed by atoms with van der Waals surface area (Å²) in [5, 5.41) is 0. The quantitative estimate of drug-likeness (QED) is 0.853. The average molecular weight is 290 g/mol. The molecule has 0 aliphatic carbocycles. The molecule has 0 spiro atoms. The smallest absolute Gasteiger partial charge is 0.236 e. The largest absolute Gasteiger partial charge is 0.342 e. The lowest BCUT2D eigenvalue weighted by atomic mass is 9.99. The molecular formula is C14H28ClN3O. The van der Waals surface area contributed by atoms with E-state index in [0.29, 0.717) is 18.4 Å². The lowest BCUT2D eigenvalue weighted by Crippen LogP contribution is -2.43. The highest BCUT2D eigenvalue weighted by molar-refractivity contribution is 5.85. The van der Waals surface area contributed by atoms with Gasteiger partial charge in [-0.15, -0.1) is 12.4 Å².